The van der Waals surface area contributed by atoms with E-state index in [2.05, 4.69) is 20.9 Å². The first kappa shape index (κ1) is 19.7. The van der Waals surface area contributed by atoms with Crippen molar-refractivity contribution in [3.63, 3.8) is 0 Å². The van der Waals surface area contributed by atoms with Crippen LogP contribution < -0.4 is 10.7 Å². The first-order valence-electron chi connectivity index (χ1n) is 9.74. The van der Waals surface area contributed by atoms with Crippen molar-refractivity contribution in [3.8, 4) is 11.4 Å². The van der Waals surface area contributed by atoms with Crippen LogP contribution in [0.3, 0.4) is 0 Å². The maximum Gasteiger partial charge on any atom is 0.240 e. The predicted molar refractivity (Wildman–Crippen MR) is 124 cm³/mol. The molecule has 1 aromatic heterocycles. The van der Waals surface area contributed by atoms with Crippen molar-refractivity contribution in [2.24, 2.45) is 0 Å². The average Bonchev–Trinajstić information content (AvgIpc) is 3.23. The average molecular weight is 448 g/mol. The molecule has 3 aromatic carbocycles. The third kappa shape index (κ3) is 4.02. The highest BCUT2D eigenvalue weighted by Crippen LogP contribution is 2.39. The summed E-state index contributed by atoms with van der Waals surface area (Å²) in [5.74, 6) is 0.586. The van der Waals surface area contributed by atoms with E-state index in [1.807, 2.05) is 89.6 Å². The molecule has 1 aliphatic rings. The number of nitrogens with one attached hydrogen (secondary N) is 2. The number of aromatic nitrogens is 3. The van der Waals surface area contributed by atoms with Gasteiger partial charge in [-0.1, -0.05) is 84.0 Å². The standard InChI is InChI=1S/C23H18ClN5OS/c24-17-13-11-15(12-14-17)19-20(22(30)25-18-9-5-2-6-10-18)31-23-27-26-21(29(23)28-19)16-7-3-1-4-8-16/h1-14,19-20,28H,(H,25,30)/t19-,20-/m0/s1. The second-order valence-electron chi connectivity index (χ2n) is 7.06. The number of hydrogen-bond acceptors (Lipinski definition) is 5. The Morgan fingerprint density at radius 2 is 1.61 bits per heavy atom. The van der Waals surface area contributed by atoms with E-state index in [1.165, 1.54) is 11.8 Å². The van der Waals surface area contributed by atoms with Gasteiger partial charge in [0.05, 0.1) is 6.04 Å². The molecule has 6 nitrogen and oxygen atoms in total. The maximum atomic E-state index is 13.2. The van der Waals surface area contributed by atoms with Crippen molar-refractivity contribution in [1.29, 1.82) is 0 Å². The van der Waals surface area contributed by atoms with E-state index in [-0.39, 0.29) is 11.9 Å². The maximum absolute atomic E-state index is 13.2. The molecule has 1 aliphatic heterocycles. The van der Waals surface area contributed by atoms with Crippen molar-refractivity contribution in [2.45, 2.75) is 16.4 Å². The molecule has 31 heavy (non-hydrogen) atoms. The topological polar surface area (TPSA) is 71.8 Å². The number of benzene rings is 3. The molecule has 5 rings (SSSR count). The van der Waals surface area contributed by atoms with Crippen LogP contribution in [0.25, 0.3) is 11.4 Å². The van der Waals surface area contributed by atoms with Gasteiger partial charge < -0.3 is 10.7 Å². The molecule has 0 saturated carbocycles. The van der Waals surface area contributed by atoms with Gasteiger partial charge in [0, 0.05) is 16.3 Å². The van der Waals surface area contributed by atoms with E-state index < -0.39 is 5.25 Å². The van der Waals surface area contributed by atoms with Gasteiger partial charge in [-0.25, -0.2) is 4.68 Å². The summed E-state index contributed by atoms with van der Waals surface area (Å²) in [6, 6.07) is 26.5. The first-order valence-corrected chi connectivity index (χ1v) is 11.0. The highest BCUT2D eigenvalue weighted by molar-refractivity contribution is 8.00. The van der Waals surface area contributed by atoms with E-state index >= 15 is 0 Å². The van der Waals surface area contributed by atoms with Crippen molar-refractivity contribution in [2.75, 3.05) is 10.7 Å². The molecule has 0 aliphatic carbocycles. The minimum atomic E-state index is -0.457. The van der Waals surface area contributed by atoms with Gasteiger partial charge in [-0.3, -0.25) is 4.79 Å². The molecule has 8 heteroatoms. The van der Waals surface area contributed by atoms with Gasteiger partial charge in [-0.2, -0.15) is 0 Å². The molecule has 0 bridgehead atoms. The lowest BCUT2D eigenvalue weighted by Crippen LogP contribution is -2.41. The number of anilines is 1. The molecule has 2 atom stereocenters. The first-order chi connectivity index (χ1) is 15.2. The zero-order valence-electron chi connectivity index (χ0n) is 16.3. The van der Waals surface area contributed by atoms with Gasteiger partial charge in [0.15, 0.2) is 5.82 Å². The quantitative estimate of drug-likeness (QED) is 0.460. The number of hydrogen-bond donors (Lipinski definition) is 2. The van der Waals surface area contributed by atoms with E-state index in [4.69, 9.17) is 11.6 Å². The zero-order valence-corrected chi connectivity index (χ0v) is 17.8. The van der Waals surface area contributed by atoms with Crippen molar-refractivity contribution < 1.29 is 4.79 Å². The third-order valence-corrected chi connectivity index (χ3v) is 6.46. The number of carbonyl (C=O) groups is 1. The highest BCUT2D eigenvalue weighted by Gasteiger charge is 2.38. The number of rotatable bonds is 4. The molecule has 154 valence electrons. The molecule has 0 radical (unpaired) electrons. The van der Waals surface area contributed by atoms with Crippen LogP contribution in [0.15, 0.2) is 90.1 Å². The monoisotopic (exact) mass is 447 g/mol. The lowest BCUT2D eigenvalue weighted by molar-refractivity contribution is -0.116. The van der Waals surface area contributed by atoms with Gasteiger partial charge in [0.1, 0.15) is 5.25 Å². The summed E-state index contributed by atoms with van der Waals surface area (Å²) < 4.78 is 1.85. The summed E-state index contributed by atoms with van der Waals surface area (Å²) in [5.41, 5.74) is 6.10. The van der Waals surface area contributed by atoms with Crippen LogP contribution in [0.5, 0.6) is 0 Å². The SMILES string of the molecule is O=C(Nc1ccccc1)[C@H]1Sc2nnc(-c3ccccc3)n2N[C@H]1c1ccc(Cl)cc1. The number of para-hydroxylation sites is 1. The van der Waals surface area contributed by atoms with Gasteiger partial charge >= 0.3 is 0 Å². The molecule has 0 spiro atoms. The minimum absolute atomic E-state index is 0.112. The second-order valence-corrected chi connectivity index (χ2v) is 8.60. The fraction of sp³-hybridized carbons (Fsp3) is 0.0870. The molecule has 1 amide bonds. The van der Waals surface area contributed by atoms with Crippen LogP contribution >= 0.6 is 23.4 Å². The largest absolute Gasteiger partial charge is 0.325 e. The van der Waals surface area contributed by atoms with E-state index in [1.54, 1.807) is 0 Å². The second kappa shape index (κ2) is 8.45. The Balaban J connectivity index is 1.52. The van der Waals surface area contributed by atoms with E-state index in [0.29, 0.717) is 16.0 Å². The van der Waals surface area contributed by atoms with Crippen molar-refractivity contribution >= 4 is 35.0 Å². The van der Waals surface area contributed by atoms with Crippen LogP contribution in [0.4, 0.5) is 5.69 Å². The Labute approximate surface area is 188 Å². The number of fused-ring (bicyclic) bond motifs is 1. The lowest BCUT2D eigenvalue weighted by Gasteiger charge is -2.33. The van der Waals surface area contributed by atoms with Crippen molar-refractivity contribution in [1.82, 2.24) is 14.9 Å². The fourth-order valence-electron chi connectivity index (χ4n) is 3.48. The number of nitrogens with zero attached hydrogens (tertiary/aromatic N) is 3. The molecule has 0 saturated heterocycles. The van der Waals surface area contributed by atoms with E-state index in [9.17, 15) is 4.79 Å². The van der Waals surface area contributed by atoms with Gasteiger partial charge in [-0.05, 0) is 29.8 Å². The Morgan fingerprint density at radius 3 is 2.32 bits per heavy atom. The van der Waals surface area contributed by atoms with E-state index in [0.717, 1.165) is 16.8 Å². The number of thioether (sulfide) groups is 1. The summed E-state index contributed by atoms with van der Waals surface area (Å²) in [4.78, 5) is 13.2. The Kier molecular flexibility index (Phi) is 5.36. The molecule has 2 N–H and O–H groups in total. The highest BCUT2D eigenvalue weighted by atomic mass is 35.5. The third-order valence-electron chi connectivity index (χ3n) is 5.00. The normalized spacial score (nSPS) is 17.5. The Bertz CT molecular complexity index is 1200. The Morgan fingerprint density at radius 1 is 0.935 bits per heavy atom. The number of halogens is 1. The van der Waals surface area contributed by atoms with Gasteiger partial charge in [0.2, 0.25) is 11.1 Å². The van der Waals surface area contributed by atoms with Crippen LogP contribution in [-0.2, 0) is 4.79 Å². The van der Waals surface area contributed by atoms with Crippen LogP contribution in [0.1, 0.15) is 11.6 Å². The molecular formula is C23H18ClN5OS. The zero-order chi connectivity index (χ0) is 21.2. The summed E-state index contributed by atoms with van der Waals surface area (Å²) in [7, 11) is 0. The predicted octanol–water partition coefficient (Wildman–Crippen LogP) is 5.00. The number of carbonyl (C=O) groups excluding carboxylic acids is 1. The lowest BCUT2D eigenvalue weighted by atomic mass is 10.0. The van der Waals surface area contributed by atoms with Crippen LogP contribution in [0.2, 0.25) is 5.02 Å². The molecular weight excluding hydrogens is 430 g/mol. The summed E-state index contributed by atoms with van der Waals surface area (Å²) >= 11 is 7.48. The Hall–Kier alpha value is -3.29. The molecule has 0 fully saturated rings. The van der Waals surface area contributed by atoms with Crippen molar-refractivity contribution in [3.05, 3.63) is 95.5 Å². The molecule has 0 unspecified atom stereocenters. The van der Waals surface area contributed by atoms with Gasteiger partial charge in [0.25, 0.3) is 0 Å². The van der Waals surface area contributed by atoms with Crippen LogP contribution in [-0.4, -0.2) is 26.0 Å². The molecule has 2 heterocycles. The number of amides is 1. The molecule has 4 aromatic rings. The summed E-state index contributed by atoms with van der Waals surface area (Å²) in [6.45, 7) is 0. The minimum Gasteiger partial charge on any atom is -0.325 e. The fourth-order valence-corrected chi connectivity index (χ4v) is 4.69. The smallest absolute Gasteiger partial charge is 0.240 e. The summed E-state index contributed by atoms with van der Waals surface area (Å²) in [6.07, 6.45) is 0. The van der Waals surface area contributed by atoms with Gasteiger partial charge in [-0.15, -0.1) is 10.2 Å². The summed E-state index contributed by atoms with van der Waals surface area (Å²) in [5, 5.41) is 12.5. The van der Waals surface area contributed by atoms with Crippen LogP contribution in [0, 0.1) is 0 Å².